The molecule has 0 radical (unpaired) electrons. The van der Waals surface area contributed by atoms with E-state index in [2.05, 4.69) is 0 Å². The zero-order valence-corrected chi connectivity index (χ0v) is 12.8. The Morgan fingerprint density at radius 3 is 2.78 bits per heavy atom. The Labute approximate surface area is 135 Å². The van der Waals surface area contributed by atoms with Crippen LogP contribution in [0, 0.1) is 0 Å². The third-order valence-corrected chi connectivity index (χ3v) is 3.76. The summed E-state index contributed by atoms with van der Waals surface area (Å²) in [7, 11) is 0. The van der Waals surface area contributed by atoms with Crippen LogP contribution in [-0.4, -0.2) is 12.5 Å². The zero-order valence-electron chi connectivity index (χ0n) is 12.8. The maximum Gasteiger partial charge on any atom is 0.217 e. The van der Waals surface area contributed by atoms with Gasteiger partial charge in [0, 0.05) is 18.1 Å². The van der Waals surface area contributed by atoms with Crippen LogP contribution in [0.5, 0.6) is 11.5 Å². The van der Waals surface area contributed by atoms with Gasteiger partial charge in [-0.15, -0.1) is 0 Å². The second-order valence-corrected chi connectivity index (χ2v) is 5.44. The highest BCUT2D eigenvalue weighted by Crippen LogP contribution is 2.35. The van der Waals surface area contributed by atoms with E-state index in [0.29, 0.717) is 26.1 Å². The first-order chi connectivity index (χ1) is 11.2. The first-order valence-corrected chi connectivity index (χ1v) is 7.63. The van der Waals surface area contributed by atoms with Crippen LogP contribution in [0.4, 0.5) is 0 Å². The number of nitrogens with two attached hydrogens (primary N) is 1. The molecular formula is C19H19NO3. The monoisotopic (exact) mass is 309 g/mol. The Morgan fingerprint density at radius 2 is 2.00 bits per heavy atom. The molecule has 0 aliphatic carbocycles. The van der Waals surface area contributed by atoms with Gasteiger partial charge in [0.25, 0.3) is 0 Å². The lowest BCUT2D eigenvalue weighted by atomic mass is 9.98. The largest absolute Gasteiger partial charge is 0.489 e. The topological polar surface area (TPSA) is 61.6 Å². The van der Waals surface area contributed by atoms with Crippen LogP contribution in [-0.2, 0) is 11.4 Å². The Hall–Kier alpha value is -2.75. The molecule has 4 heteroatoms. The molecule has 0 aromatic heterocycles. The standard InChI is InChI=1S/C19H19NO3/c20-19(21)9-6-15-10-11-22-18-12-16(7-8-17(15)18)23-13-14-4-2-1-3-5-14/h1-5,7-8,10,12H,6,9,11,13H2,(H2,20,21). The fraction of sp³-hybridized carbons (Fsp3) is 0.211. The lowest BCUT2D eigenvalue weighted by Gasteiger charge is -2.19. The number of carbonyl (C=O) groups is 1. The Bertz CT molecular complexity index is 723. The lowest BCUT2D eigenvalue weighted by molar-refractivity contribution is -0.117. The van der Waals surface area contributed by atoms with E-state index in [1.54, 1.807) is 0 Å². The number of benzene rings is 2. The van der Waals surface area contributed by atoms with E-state index in [0.717, 1.165) is 28.2 Å². The zero-order chi connectivity index (χ0) is 16.1. The molecule has 0 spiro atoms. The molecule has 1 heterocycles. The van der Waals surface area contributed by atoms with Crippen molar-refractivity contribution in [2.75, 3.05) is 6.61 Å². The number of allylic oxidation sites excluding steroid dienone is 1. The molecule has 0 saturated carbocycles. The minimum Gasteiger partial charge on any atom is -0.489 e. The van der Waals surface area contributed by atoms with Crippen LogP contribution in [0.1, 0.15) is 24.0 Å². The Kier molecular flexibility index (Phi) is 4.62. The molecule has 1 aliphatic rings. The fourth-order valence-corrected chi connectivity index (χ4v) is 2.55. The molecule has 2 N–H and O–H groups in total. The van der Waals surface area contributed by atoms with Crippen LogP contribution in [0.2, 0.25) is 0 Å². The molecule has 3 rings (SSSR count). The molecule has 1 aliphatic heterocycles. The molecular weight excluding hydrogens is 290 g/mol. The van der Waals surface area contributed by atoms with Gasteiger partial charge in [-0.2, -0.15) is 0 Å². The maximum atomic E-state index is 11.0. The highest BCUT2D eigenvalue weighted by Gasteiger charge is 2.15. The van der Waals surface area contributed by atoms with E-state index < -0.39 is 0 Å². The van der Waals surface area contributed by atoms with Crippen LogP contribution in [0.15, 0.2) is 54.6 Å². The van der Waals surface area contributed by atoms with Gasteiger partial charge in [0.15, 0.2) is 0 Å². The van der Waals surface area contributed by atoms with Crippen LogP contribution < -0.4 is 15.2 Å². The highest BCUT2D eigenvalue weighted by molar-refractivity contribution is 5.79. The van der Waals surface area contributed by atoms with Crippen molar-refractivity contribution in [3.05, 3.63) is 65.7 Å². The van der Waals surface area contributed by atoms with Crippen molar-refractivity contribution in [1.82, 2.24) is 0 Å². The van der Waals surface area contributed by atoms with Gasteiger partial charge >= 0.3 is 0 Å². The molecule has 0 saturated heterocycles. The molecule has 0 atom stereocenters. The van der Waals surface area contributed by atoms with Gasteiger partial charge in [0.05, 0.1) is 0 Å². The van der Waals surface area contributed by atoms with Crippen LogP contribution in [0.3, 0.4) is 0 Å². The summed E-state index contributed by atoms with van der Waals surface area (Å²) in [6, 6.07) is 15.8. The normalized spacial score (nSPS) is 12.8. The van der Waals surface area contributed by atoms with Crippen molar-refractivity contribution in [1.29, 1.82) is 0 Å². The molecule has 118 valence electrons. The van der Waals surface area contributed by atoms with Gasteiger partial charge in [0.2, 0.25) is 5.91 Å². The van der Waals surface area contributed by atoms with Crippen molar-refractivity contribution in [3.8, 4) is 11.5 Å². The van der Waals surface area contributed by atoms with Gasteiger partial charge in [-0.05, 0) is 35.8 Å². The number of primary amides is 1. The van der Waals surface area contributed by atoms with E-state index in [1.807, 2.05) is 54.6 Å². The summed E-state index contributed by atoms with van der Waals surface area (Å²) >= 11 is 0. The first-order valence-electron chi connectivity index (χ1n) is 7.63. The summed E-state index contributed by atoms with van der Waals surface area (Å²) in [6.45, 7) is 1.02. The maximum absolute atomic E-state index is 11.0. The summed E-state index contributed by atoms with van der Waals surface area (Å²) in [6.07, 6.45) is 2.98. The molecule has 0 unspecified atom stereocenters. The van der Waals surface area contributed by atoms with Gasteiger partial charge in [0.1, 0.15) is 24.7 Å². The Morgan fingerprint density at radius 1 is 1.17 bits per heavy atom. The number of hydrogen-bond donors (Lipinski definition) is 1. The molecule has 23 heavy (non-hydrogen) atoms. The fourth-order valence-electron chi connectivity index (χ4n) is 2.55. The number of carbonyl (C=O) groups excluding carboxylic acids is 1. The van der Waals surface area contributed by atoms with Crippen molar-refractivity contribution >= 4 is 11.5 Å². The van der Waals surface area contributed by atoms with Gasteiger partial charge in [-0.1, -0.05) is 30.3 Å². The first kappa shape index (κ1) is 15.2. The van der Waals surface area contributed by atoms with Crippen molar-refractivity contribution in [3.63, 3.8) is 0 Å². The minimum atomic E-state index is -0.290. The molecule has 2 aromatic carbocycles. The summed E-state index contributed by atoms with van der Waals surface area (Å²) in [5, 5.41) is 0. The van der Waals surface area contributed by atoms with Crippen LogP contribution in [0.25, 0.3) is 5.57 Å². The Balaban J connectivity index is 1.70. The second kappa shape index (κ2) is 7.01. The van der Waals surface area contributed by atoms with E-state index in [-0.39, 0.29) is 5.91 Å². The molecule has 0 bridgehead atoms. The van der Waals surface area contributed by atoms with Crippen molar-refractivity contribution < 1.29 is 14.3 Å². The smallest absolute Gasteiger partial charge is 0.217 e. The van der Waals surface area contributed by atoms with E-state index >= 15 is 0 Å². The predicted octanol–water partition coefficient (Wildman–Crippen LogP) is 3.31. The number of fused-ring (bicyclic) bond motifs is 1. The number of amides is 1. The van der Waals surface area contributed by atoms with E-state index in [1.165, 1.54) is 0 Å². The summed E-state index contributed by atoms with van der Waals surface area (Å²) < 4.78 is 11.5. The predicted molar refractivity (Wildman–Crippen MR) is 89.1 cm³/mol. The minimum absolute atomic E-state index is 0.290. The third kappa shape index (κ3) is 3.92. The molecule has 4 nitrogen and oxygen atoms in total. The summed E-state index contributed by atoms with van der Waals surface area (Å²) in [4.78, 5) is 11.0. The van der Waals surface area contributed by atoms with Crippen molar-refractivity contribution in [2.45, 2.75) is 19.4 Å². The molecule has 0 fully saturated rings. The third-order valence-electron chi connectivity index (χ3n) is 3.76. The van der Waals surface area contributed by atoms with Crippen molar-refractivity contribution in [2.24, 2.45) is 5.73 Å². The quantitative estimate of drug-likeness (QED) is 0.890. The molecule has 2 aromatic rings. The highest BCUT2D eigenvalue weighted by atomic mass is 16.5. The van der Waals surface area contributed by atoms with Crippen LogP contribution >= 0.6 is 0 Å². The lowest BCUT2D eigenvalue weighted by Crippen LogP contribution is -2.11. The number of ether oxygens (including phenoxy) is 2. The van der Waals surface area contributed by atoms with Gasteiger partial charge in [-0.3, -0.25) is 4.79 Å². The van der Waals surface area contributed by atoms with E-state index in [4.69, 9.17) is 15.2 Å². The van der Waals surface area contributed by atoms with Gasteiger partial charge in [-0.25, -0.2) is 0 Å². The summed E-state index contributed by atoms with van der Waals surface area (Å²) in [5.74, 6) is 1.27. The number of rotatable bonds is 6. The number of hydrogen-bond acceptors (Lipinski definition) is 3. The van der Waals surface area contributed by atoms with E-state index in [9.17, 15) is 4.79 Å². The molecule has 1 amide bonds. The summed E-state index contributed by atoms with van der Waals surface area (Å²) in [5.41, 5.74) is 8.45. The average molecular weight is 309 g/mol. The SMILES string of the molecule is NC(=O)CCC1=CCOc2cc(OCc3ccccc3)ccc21. The van der Waals surface area contributed by atoms with Gasteiger partial charge < -0.3 is 15.2 Å². The second-order valence-electron chi connectivity index (χ2n) is 5.44. The average Bonchev–Trinajstić information content (AvgIpc) is 2.58.